The third-order valence-corrected chi connectivity index (χ3v) is 3.69. The first-order valence-electron chi connectivity index (χ1n) is 8.24. The summed E-state index contributed by atoms with van der Waals surface area (Å²) in [5.74, 6) is 0. The Morgan fingerprint density at radius 1 is 0.500 bits per heavy atom. The largest absolute Gasteiger partial charge is 0.395 e. The molecule has 0 rings (SSSR count). The van der Waals surface area contributed by atoms with Crippen molar-refractivity contribution in [3.63, 3.8) is 0 Å². The van der Waals surface area contributed by atoms with Crippen LogP contribution >= 0.6 is 0 Å². The van der Waals surface area contributed by atoms with E-state index in [1.807, 2.05) is 0 Å². The Kier molecular flexibility index (Phi) is 15.4. The van der Waals surface area contributed by atoms with Gasteiger partial charge >= 0.3 is 0 Å². The molecule has 7 heteroatoms. The van der Waals surface area contributed by atoms with Crippen LogP contribution in [0.1, 0.15) is 12.8 Å². The van der Waals surface area contributed by atoms with Gasteiger partial charge in [-0.25, -0.2) is 0 Å². The van der Waals surface area contributed by atoms with Gasteiger partial charge in [0.25, 0.3) is 0 Å². The van der Waals surface area contributed by atoms with E-state index in [-0.39, 0.29) is 26.4 Å². The number of rotatable bonds is 16. The minimum atomic E-state index is 0.126. The lowest BCUT2D eigenvalue weighted by Crippen LogP contribution is -2.34. The third kappa shape index (κ3) is 12.3. The van der Waals surface area contributed by atoms with Crippen molar-refractivity contribution in [2.24, 2.45) is 0 Å². The van der Waals surface area contributed by atoms with Crippen molar-refractivity contribution in [2.45, 2.75) is 12.8 Å². The zero-order valence-corrected chi connectivity index (χ0v) is 14.0. The summed E-state index contributed by atoms with van der Waals surface area (Å²) in [7, 11) is 2.09. The molecule has 0 saturated carbocycles. The number of aliphatic hydroxyl groups excluding tert-OH is 4. The third-order valence-electron chi connectivity index (χ3n) is 3.69. The van der Waals surface area contributed by atoms with Crippen LogP contribution in [0.3, 0.4) is 0 Å². The van der Waals surface area contributed by atoms with Crippen LogP contribution in [0.25, 0.3) is 0 Å². The van der Waals surface area contributed by atoms with Gasteiger partial charge in [0, 0.05) is 26.2 Å². The van der Waals surface area contributed by atoms with Crippen molar-refractivity contribution in [2.75, 3.05) is 85.8 Å². The van der Waals surface area contributed by atoms with E-state index in [0.717, 1.165) is 39.0 Å². The van der Waals surface area contributed by atoms with Gasteiger partial charge in [0.15, 0.2) is 0 Å². The first-order chi connectivity index (χ1) is 10.7. The molecule has 0 aromatic heterocycles. The zero-order valence-electron chi connectivity index (χ0n) is 14.0. The SMILES string of the molecule is CN(CCCN(CCO)CCO)CCCN(CCO)CCO. The summed E-state index contributed by atoms with van der Waals surface area (Å²) >= 11 is 0. The molecule has 0 aliphatic heterocycles. The van der Waals surface area contributed by atoms with E-state index in [4.69, 9.17) is 20.4 Å². The van der Waals surface area contributed by atoms with Gasteiger partial charge in [0.2, 0.25) is 0 Å². The van der Waals surface area contributed by atoms with E-state index >= 15 is 0 Å². The van der Waals surface area contributed by atoms with E-state index in [9.17, 15) is 0 Å². The van der Waals surface area contributed by atoms with Crippen LogP contribution in [0, 0.1) is 0 Å². The van der Waals surface area contributed by atoms with Crippen LogP contribution in [0.15, 0.2) is 0 Å². The predicted octanol–water partition coefficient (Wildman–Crippen LogP) is -1.73. The van der Waals surface area contributed by atoms with Gasteiger partial charge in [-0.1, -0.05) is 0 Å². The van der Waals surface area contributed by atoms with E-state index in [1.165, 1.54) is 0 Å². The van der Waals surface area contributed by atoms with E-state index in [1.54, 1.807) is 0 Å². The minimum Gasteiger partial charge on any atom is -0.395 e. The molecule has 0 spiro atoms. The standard InChI is InChI=1S/C15H35N3O4/c1-16(4-2-6-17(8-12-19)9-13-20)5-3-7-18(10-14-21)11-15-22/h19-22H,2-15H2,1H3. The molecule has 22 heavy (non-hydrogen) atoms. The molecule has 0 atom stereocenters. The Morgan fingerprint density at radius 2 is 0.818 bits per heavy atom. The highest BCUT2D eigenvalue weighted by atomic mass is 16.3. The normalized spacial score (nSPS) is 12.0. The van der Waals surface area contributed by atoms with Crippen molar-refractivity contribution >= 4 is 0 Å². The molecule has 4 N–H and O–H groups in total. The molecular formula is C15H35N3O4. The highest BCUT2D eigenvalue weighted by molar-refractivity contribution is 4.62. The molecule has 0 saturated heterocycles. The molecule has 7 nitrogen and oxygen atoms in total. The van der Waals surface area contributed by atoms with Crippen LogP contribution in [-0.2, 0) is 0 Å². The Hall–Kier alpha value is -0.280. The number of nitrogens with zero attached hydrogens (tertiary/aromatic N) is 3. The van der Waals surface area contributed by atoms with Crippen molar-refractivity contribution in [3.05, 3.63) is 0 Å². The van der Waals surface area contributed by atoms with Crippen LogP contribution < -0.4 is 0 Å². The fourth-order valence-electron chi connectivity index (χ4n) is 2.48. The van der Waals surface area contributed by atoms with Crippen molar-refractivity contribution < 1.29 is 20.4 Å². The van der Waals surface area contributed by atoms with Gasteiger partial charge in [-0.05, 0) is 46.1 Å². The lowest BCUT2D eigenvalue weighted by atomic mass is 10.3. The lowest BCUT2D eigenvalue weighted by molar-refractivity contribution is 0.149. The summed E-state index contributed by atoms with van der Waals surface area (Å²) in [5, 5.41) is 35.8. The lowest BCUT2D eigenvalue weighted by Gasteiger charge is -2.24. The first-order valence-corrected chi connectivity index (χ1v) is 8.24. The van der Waals surface area contributed by atoms with Crippen molar-refractivity contribution in [3.8, 4) is 0 Å². The fraction of sp³-hybridized carbons (Fsp3) is 1.00. The molecule has 0 bridgehead atoms. The molecule has 0 radical (unpaired) electrons. The summed E-state index contributed by atoms with van der Waals surface area (Å²) in [6.07, 6.45) is 2.01. The molecule has 0 heterocycles. The molecule has 0 aromatic carbocycles. The topological polar surface area (TPSA) is 90.6 Å². The molecule has 0 fully saturated rings. The van der Waals surface area contributed by atoms with Gasteiger partial charge < -0.3 is 25.3 Å². The van der Waals surface area contributed by atoms with Crippen LogP contribution in [0.2, 0.25) is 0 Å². The average Bonchev–Trinajstić information content (AvgIpc) is 2.48. The Balaban J connectivity index is 3.72. The molecule has 0 amide bonds. The molecular weight excluding hydrogens is 286 g/mol. The second-order valence-corrected chi connectivity index (χ2v) is 5.59. The van der Waals surface area contributed by atoms with Crippen LogP contribution in [0.5, 0.6) is 0 Å². The summed E-state index contributed by atoms with van der Waals surface area (Å²) < 4.78 is 0. The van der Waals surface area contributed by atoms with Crippen LogP contribution in [-0.4, -0.2) is 121 Å². The van der Waals surface area contributed by atoms with E-state index < -0.39 is 0 Å². The maximum Gasteiger partial charge on any atom is 0.0558 e. The number of aliphatic hydroxyl groups is 4. The summed E-state index contributed by atoms with van der Waals surface area (Å²) in [5.41, 5.74) is 0. The highest BCUT2D eigenvalue weighted by Crippen LogP contribution is 1.97. The number of hydrogen-bond donors (Lipinski definition) is 4. The van der Waals surface area contributed by atoms with Crippen molar-refractivity contribution in [1.29, 1.82) is 0 Å². The fourth-order valence-corrected chi connectivity index (χ4v) is 2.48. The maximum absolute atomic E-state index is 8.95. The predicted molar refractivity (Wildman–Crippen MR) is 88.0 cm³/mol. The molecule has 134 valence electrons. The second kappa shape index (κ2) is 15.6. The second-order valence-electron chi connectivity index (χ2n) is 5.59. The summed E-state index contributed by atoms with van der Waals surface area (Å²) in [4.78, 5) is 6.41. The monoisotopic (exact) mass is 321 g/mol. The molecule has 0 aliphatic rings. The van der Waals surface area contributed by atoms with Gasteiger partial charge in [-0.15, -0.1) is 0 Å². The zero-order chi connectivity index (χ0) is 16.6. The van der Waals surface area contributed by atoms with Gasteiger partial charge in [0.1, 0.15) is 0 Å². The van der Waals surface area contributed by atoms with E-state index in [0.29, 0.717) is 26.2 Å². The Labute approximate surface area is 134 Å². The van der Waals surface area contributed by atoms with Gasteiger partial charge in [-0.3, -0.25) is 9.80 Å². The maximum atomic E-state index is 8.95. The van der Waals surface area contributed by atoms with Gasteiger partial charge in [0.05, 0.1) is 26.4 Å². The summed E-state index contributed by atoms with van der Waals surface area (Å²) in [6.45, 7) is 6.68. The van der Waals surface area contributed by atoms with Gasteiger partial charge in [-0.2, -0.15) is 0 Å². The molecule has 0 aromatic rings. The molecule has 0 aliphatic carbocycles. The Morgan fingerprint density at radius 3 is 1.09 bits per heavy atom. The number of hydrogen-bond acceptors (Lipinski definition) is 7. The Bertz CT molecular complexity index is 201. The highest BCUT2D eigenvalue weighted by Gasteiger charge is 2.06. The summed E-state index contributed by atoms with van der Waals surface area (Å²) in [6, 6.07) is 0. The van der Waals surface area contributed by atoms with Crippen molar-refractivity contribution in [1.82, 2.24) is 14.7 Å². The quantitative estimate of drug-likeness (QED) is 0.269. The minimum absolute atomic E-state index is 0.126. The first kappa shape index (κ1) is 21.7. The molecule has 0 unspecified atom stereocenters. The average molecular weight is 321 g/mol. The smallest absolute Gasteiger partial charge is 0.0558 e. The van der Waals surface area contributed by atoms with E-state index in [2.05, 4.69) is 21.7 Å². The van der Waals surface area contributed by atoms with Crippen LogP contribution in [0.4, 0.5) is 0 Å².